The first kappa shape index (κ1) is 7.80. The summed E-state index contributed by atoms with van der Waals surface area (Å²) in [7, 11) is 0. The Hall–Kier alpha value is -0.300. The molecule has 1 rings (SSSR count). The fourth-order valence-corrected chi connectivity index (χ4v) is 1.04. The Kier molecular flexibility index (Phi) is 3.52. The van der Waals surface area contributed by atoms with Gasteiger partial charge in [-0.2, -0.15) is 0 Å². The Morgan fingerprint density at radius 2 is 2.20 bits per heavy atom. The number of rotatable bonds is 6. The van der Waals surface area contributed by atoms with Crippen LogP contribution in [-0.4, -0.2) is 13.1 Å². The molecule has 1 nitrogen and oxygen atoms in total. The van der Waals surface area contributed by atoms with Crippen molar-refractivity contribution in [1.82, 2.24) is 5.32 Å². The highest BCUT2D eigenvalue weighted by Gasteiger charge is 2.19. The molecular formula is C9H17N. The monoisotopic (exact) mass is 139 g/mol. The summed E-state index contributed by atoms with van der Waals surface area (Å²) in [4.78, 5) is 0. The first-order chi connectivity index (χ1) is 4.93. The van der Waals surface area contributed by atoms with Gasteiger partial charge in [0.1, 0.15) is 0 Å². The van der Waals surface area contributed by atoms with E-state index in [0.717, 1.165) is 18.9 Å². The molecule has 0 atom stereocenters. The number of hydrogen-bond acceptors (Lipinski definition) is 1. The van der Waals surface area contributed by atoms with Crippen LogP contribution in [0.1, 0.15) is 25.7 Å². The fourth-order valence-electron chi connectivity index (χ4n) is 1.04. The third kappa shape index (κ3) is 3.67. The average Bonchev–Trinajstić information content (AvgIpc) is 2.71. The van der Waals surface area contributed by atoms with Crippen molar-refractivity contribution in [2.75, 3.05) is 13.1 Å². The summed E-state index contributed by atoms with van der Waals surface area (Å²) in [6.45, 7) is 5.98. The van der Waals surface area contributed by atoms with Crippen LogP contribution in [0.2, 0.25) is 0 Å². The fraction of sp³-hybridized carbons (Fsp3) is 0.778. The van der Waals surface area contributed by atoms with Crippen molar-refractivity contribution in [2.24, 2.45) is 5.92 Å². The van der Waals surface area contributed by atoms with E-state index in [1.54, 1.807) is 0 Å². The molecule has 0 radical (unpaired) electrons. The lowest BCUT2D eigenvalue weighted by atomic mass is 10.3. The molecule has 1 fully saturated rings. The van der Waals surface area contributed by atoms with Gasteiger partial charge in [0.15, 0.2) is 0 Å². The van der Waals surface area contributed by atoms with Gasteiger partial charge in [0.05, 0.1) is 0 Å². The van der Waals surface area contributed by atoms with E-state index in [-0.39, 0.29) is 0 Å². The van der Waals surface area contributed by atoms with Gasteiger partial charge in [0, 0.05) is 0 Å². The normalized spacial score (nSPS) is 17.2. The summed E-state index contributed by atoms with van der Waals surface area (Å²) < 4.78 is 0. The SMILES string of the molecule is C=CCCNCCC1CC1. The van der Waals surface area contributed by atoms with Gasteiger partial charge in [0.2, 0.25) is 0 Å². The van der Waals surface area contributed by atoms with Gasteiger partial charge in [-0.15, -0.1) is 6.58 Å². The van der Waals surface area contributed by atoms with Crippen LogP contribution in [0.5, 0.6) is 0 Å². The van der Waals surface area contributed by atoms with Crippen molar-refractivity contribution in [3.63, 3.8) is 0 Å². The molecule has 1 saturated carbocycles. The minimum absolute atomic E-state index is 1.07. The van der Waals surface area contributed by atoms with E-state index in [2.05, 4.69) is 11.9 Å². The maximum atomic E-state index is 3.67. The Labute approximate surface area is 63.5 Å². The molecule has 1 aliphatic rings. The van der Waals surface area contributed by atoms with Gasteiger partial charge in [-0.05, 0) is 31.8 Å². The second kappa shape index (κ2) is 4.51. The topological polar surface area (TPSA) is 12.0 Å². The molecule has 0 amide bonds. The predicted molar refractivity (Wildman–Crippen MR) is 45.0 cm³/mol. The van der Waals surface area contributed by atoms with Crippen molar-refractivity contribution in [2.45, 2.75) is 25.7 Å². The standard InChI is InChI=1S/C9H17N/c1-2-3-7-10-8-6-9-4-5-9/h2,9-10H,1,3-8H2. The molecule has 0 heterocycles. The summed E-state index contributed by atoms with van der Waals surface area (Å²) in [5, 5.41) is 3.39. The molecule has 0 saturated heterocycles. The lowest BCUT2D eigenvalue weighted by Gasteiger charge is -1.99. The van der Waals surface area contributed by atoms with E-state index >= 15 is 0 Å². The highest BCUT2D eigenvalue weighted by Crippen LogP contribution is 2.31. The Morgan fingerprint density at radius 1 is 1.40 bits per heavy atom. The van der Waals surface area contributed by atoms with Crippen LogP contribution in [0.4, 0.5) is 0 Å². The zero-order valence-corrected chi connectivity index (χ0v) is 6.60. The third-order valence-corrected chi connectivity index (χ3v) is 1.95. The zero-order chi connectivity index (χ0) is 7.23. The van der Waals surface area contributed by atoms with Gasteiger partial charge in [-0.25, -0.2) is 0 Å². The maximum absolute atomic E-state index is 3.67. The second-order valence-electron chi connectivity index (χ2n) is 3.06. The first-order valence-corrected chi connectivity index (χ1v) is 4.25. The number of nitrogens with one attached hydrogen (secondary N) is 1. The van der Waals surface area contributed by atoms with Crippen LogP contribution in [0, 0.1) is 5.92 Å². The van der Waals surface area contributed by atoms with Gasteiger partial charge >= 0.3 is 0 Å². The molecule has 0 unspecified atom stereocenters. The lowest BCUT2D eigenvalue weighted by molar-refractivity contribution is 0.617. The Morgan fingerprint density at radius 3 is 2.80 bits per heavy atom. The van der Waals surface area contributed by atoms with Crippen LogP contribution in [0.3, 0.4) is 0 Å². The summed E-state index contributed by atoms with van der Waals surface area (Å²) in [5.41, 5.74) is 0. The molecule has 0 spiro atoms. The van der Waals surface area contributed by atoms with Crippen LogP contribution in [0.25, 0.3) is 0 Å². The van der Waals surface area contributed by atoms with Crippen LogP contribution in [0.15, 0.2) is 12.7 Å². The van der Waals surface area contributed by atoms with Crippen molar-refractivity contribution in [3.05, 3.63) is 12.7 Å². The smallest absolute Gasteiger partial charge is 0.00144 e. The van der Waals surface area contributed by atoms with Crippen LogP contribution < -0.4 is 5.32 Å². The van der Waals surface area contributed by atoms with E-state index in [0.29, 0.717) is 0 Å². The molecule has 0 aromatic carbocycles. The summed E-state index contributed by atoms with van der Waals surface area (Å²) in [6, 6.07) is 0. The van der Waals surface area contributed by atoms with Gasteiger partial charge in [-0.1, -0.05) is 18.9 Å². The summed E-state index contributed by atoms with van der Waals surface area (Å²) in [6.07, 6.45) is 7.40. The van der Waals surface area contributed by atoms with Crippen molar-refractivity contribution in [3.8, 4) is 0 Å². The Balaban J connectivity index is 1.72. The third-order valence-electron chi connectivity index (χ3n) is 1.95. The molecule has 0 aliphatic heterocycles. The average molecular weight is 139 g/mol. The second-order valence-corrected chi connectivity index (χ2v) is 3.06. The summed E-state index contributed by atoms with van der Waals surface area (Å²) in [5.74, 6) is 1.07. The first-order valence-electron chi connectivity index (χ1n) is 4.25. The van der Waals surface area contributed by atoms with Crippen molar-refractivity contribution >= 4 is 0 Å². The lowest BCUT2D eigenvalue weighted by Crippen LogP contribution is -2.16. The predicted octanol–water partition coefficient (Wildman–Crippen LogP) is 1.95. The molecule has 1 heteroatoms. The molecule has 0 aromatic rings. The quantitative estimate of drug-likeness (QED) is 0.438. The molecule has 58 valence electrons. The molecule has 1 aliphatic carbocycles. The minimum Gasteiger partial charge on any atom is -0.316 e. The molecule has 0 bridgehead atoms. The van der Waals surface area contributed by atoms with Crippen LogP contribution in [-0.2, 0) is 0 Å². The van der Waals surface area contributed by atoms with E-state index in [1.807, 2.05) is 6.08 Å². The molecular weight excluding hydrogens is 122 g/mol. The highest BCUT2D eigenvalue weighted by atomic mass is 14.8. The highest BCUT2D eigenvalue weighted by molar-refractivity contribution is 4.74. The van der Waals surface area contributed by atoms with Crippen LogP contribution >= 0.6 is 0 Å². The summed E-state index contributed by atoms with van der Waals surface area (Å²) >= 11 is 0. The Bertz CT molecular complexity index is 94.9. The largest absolute Gasteiger partial charge is 0.316 e. The van der Waals surface area contributed by atoms with Gasteiger partial charge < -0.3 is 5.32 Å². The van der Waals surface area contributed by atoms with E-state index < -0.39 is 0 Å². The molecule has 10 heavy (non-hydrogen) atoms. The zero-order valence-electron chi connectivity index (χ0n) is 6.60. The number of hydrogen-bond donors (Lipinski definition) is 1. The van der Waals surface area contributed by atoms with Crippen molar-refractivity contribution in [1.29, 1.82) is 0 Å². The van der Waals surface area contributed by atoms with E-state index in [4.69, 9.17) is 0 Å². The maximum Gasteiger partial charge on any atom is -0.00144 e. The minimum atomic E-state index is 1.07. The molecule has 1 N–H and O–H groups in total. The van der Waals surface area contributed by atoms with Gasteiger partial charge in [-0.3, -0.25) is 0 Å². The van der Waals surface area contributed by atoms with E-state index in [1.165, 1.54) is 25.8 Å². The van der Waals surface area contributed by atoms with Crippen molar-refractivity contribution < 1.29 is 0 Å². The van der Waals surface area contributed by atoms with E-state index in [9.17, 15) is 0 Å². The molecule has 0 aromatic heterocycles. The van der Waals surface area contributed by atoms with Gasteiger partial charge in [0.25, 0.3) is 0 Å².